The molecule has 0 aliphatic rings. The third-order valence-corrected chi connectivity index (χ3v) is 2.85. The molecule has 0 spiro atoms. The van der Waals surface area contributed by atoms with Crippen LogP contribution in [-0.4, -0.2) is 17.9 Å². The molecule has 0 aliphatic heterocycles. The number of nitrogens with two attached hydrogens (primary N) is 2. The lowest BCUT2D eigenvalue weighted by Crippen LogP contribution is -2.20. The third kappa shape index (κ3) is 2.52. The maximum absolute atomic E-state index is 11.5. The summed E-state index contributed by atoms with van der Waals surface area (Å²) in [5.41, 5.74) is 12.9. The van der Waals surface area contributed by atoms with Crippen LogP contribution in [0.2, 0.25) is 0 Å². The molecule has 0 unspecified atom stereocenters. The maximum Gasteiger partial charge on any atom is 0.252 e. The van der Waals surface area contributed by atoms with Crippen LogP contribution in [0.1, 0.15) is 15.9 Å². The normalized spacial score (nSPS) is 9.80. The van der Waals surface area contributed by atoms with E-state index in [4.69, 9.17) is 16.7 Å². The van der Waals surface area contributed by atoms with E-state index in [0.29, 0.717) is 17.1 Å². The lowest BCUT2D eigenvalue weighted by Gasteiger charge is -2.20. The predicted molar refractivity (Wildman–Crippen MR) is 76.4 cm³/mol. The summed E-state index contributed by atoms with van der Waals surface area (Å²) in [6, 6.07) is 10.4. The van der Waals surface area contributed by atoms with E-state index in [2.05, 4.69) is 4.98 Å². The van der Waals surface area contributed by atoms with E-state index in [9.17, 15) is 4.79 Å². The van der Waals surface area contributed by atoms with Gasteiger partial charge in [0.15, 0.2) is 0 Å². The Balaban J connectivity index is 2.44. The van der Waals surface area contributed by atoms with E-state index >= 15 is 0 Å². The molecule has 0 bridgehead atoms. The first-order chi connectivity index (χ1) is 9.52. The smallest absolute Gasteiger partial charge is 0.252 e. The number of primary amides is 1. The highest BCUT2D eigenvalue weighted by molar-refractivity contribution is 5.99. The number of nitrogen functional groups attached to an aromatic ring is 1. The highest BCUT2D eigenvalue weighted by atomic mass is 16.1. The van der Waals surface area contributed by atoms with Gasteiger partial charge in [-0.1, -0.05) is 0 Å². The number of anilines is 3. The zero-order valence-corrected chi connectivity index (χ0v) is 10.9. The molecular weight excluding hydrogens is 254 g/mol. The zero-order chi connectivity index (χ0) is 14.7. The summed E-state index contributed by atoms with van der Waals surface area (Å²) in [5.74, 6) is -0.184. The van der Waals surface area contributed by atoms with Crippen LogP contribution >= 0.6 is 0 Å². The fourth-order valence-corrected chi connectivity index (χ4v) is 1.80. The van der Waals surface area contributed by atoms with Crippen molar-refractivity contribution < 1.29 is 4.79 Å². The Morgan fingerprint density at radius 2 is 2.00 bits per heavy atom. The van der Waals surface area contributed by atoms with Crippen molar-refractivity contribution in [2.75, 3.05) is 17.7 Å². The van der Waals surface area contributed by atoms with Gasteiger partial charge in [-0.15, -0.1) is 0 Å². The Hall–Kier alpha value is -3.07. The van der Waals surface area contributed by atoms with Gasteiger partial charge in [0.1, 0.15) is 5.82 Å². The molecule has 2 rings (SSSR count). The molecule has 0 saturated carbocycles. The second-order valence-corrected chi connectivity index (χ2v) is 4.22. The minimum atomic E-state index is -0.597. The molecule has 2 aromatic rings. The molecule has 6 heteroatoms. The minimum Gasteiger partial charge on any atom is -0.397 e. The standard InChI is InChI=1S/C14H13N5O/c1-19(11-4-2-9(7-15)3-5-11)14-12(13(17)20)6-10(16)8-18-14/h2-6,8H,16H2,1H3,(H2,17,20). The van der Waals surface area contributed by atoms with Crippen molar-refractivity contribution in [3.63, 3.8) is 0 Å². The van der Waals surface area contributed by atoms with Crippen molar-refractivity contribution in [2.24, 2.45) is 5.73 Å². The molecule has 4 N–H and O–H groups in total. The van der Waals surface area contributed by atoms with Crippen LogP contribution in [0.5, 0.6) is 0 Å². The minimum absolute atomic E-state index is 0.247. The summed E-state index contributed by atoms with van der Waals surface area (Å²) in [4.78, 5) is 17.3. The second-order valence-electron chi connectivity index (χ2n) is 4.22. The van der Waals surface area contributed by atoms with E-state index in [1.807, 2.05) is 6.07 Å². The van der Waals surface area contributed by atoms with E-state index in [1.165, 1.54) is 12.3 Å². The zero-order valence-electron chi connectivity index (χ0n) is 10.9. The van der Waals surface area contributed by atoms with Crippen LogP contribution in [0.4, 0.5) is 17.2 Å². The fraction of sp³-hybridized carbons (Fsp3) is 0.0714. The summed E-state index contributed by atoms with van der Waals surface area (Å²) in [5, 5.41) is 8.78. The first kappa shape index (κ1) is 13.4. The fourth-order valence-electron chi connectivity index (χ4n) is 1.80. The van der Waals surface area contributed by atoms with E-state index < -0.39 is 5.91 Å². The molecule has 1 amide bonds. The molecule has 20 heavy (non-hydrogen) atoms. The number of amides is 1. The Bertz CT molecular complexity index is 688. The highest BCUT2D eigenvalue weighted by Crippen LogP contribution is 2.26. The molecule has 0 aliphatic carbocycles. The predicted octanol–water partition coefficient (Wildman–Crippen LogP) is 1.40. The van der Waals surface area contributed by atoms with Crippen LogP contribution in [-0.2, 0) is 0 Å². The molecule has 100 valence electrons. The largest absolute Gasteiger partial charge is 0.397 e. The maximum atomic E-state index is 11.5. The highest BCUT2D eigenvalue weighted by Gasteiger charge is 2.15. The van der Waals surface area contributed by atoms with Crippen molar-refractivity contribution in [1.82, 2.24) is 4.98 Å². The Morgan fingerprint density at radius 1 is 1.35 bits per heavy atom. The number of nitriles is 1. The third-order valence-electron chi connectivity index (χ3n) is 2.85. The Morgan fingerprint density at radius 3 is 2.55 bits per heavy atom. The summed E-state index contributed by atoms with van der Waals surface area (Å²) in [7, 11) is 1.76. The molecule has 1 heterocycles. The van der Waals surface area contributed by atoms with Gasteiger partial charge in [-0.25, -0.2) is 4.98 Å². The van der Waals surface area contributed by atoms with Crippen molar-refractivity contribution in [3.05, 3.63) is 47.7 Å². The van der Waals surface area contributed by atoms with Crippen molar-refractivity contribution in [2.45, 2.75) is 0 Å². The summed E-state index contributed by atoms with van der Waals surface area (Å²) in [6.45, 7) is 0. The van der Waals surface area contributed by atoms with Gasteiger partial charge in [0, 0.05) is 12.7 Å². The van der Waals surface area contributed by atoms with Crippen LogP contribution in [0, 0.1) is 11.3 Å². The molecular formula is C14H13N5O. The number of aromatic nitrogens is 1. The molecule has 6 nitrogen and oxygen atoms in total. The van der Waals surface area contributed by atoms with Gasteiger partial charge in [-0.05, 0) is 30.3 Å². The van der Waals surface area contributed by atoms with E-state index in [0.717, 1.165) is 5.69 Å². The number of benzene rings is 1. The van der Waals surface area contributed by atoms with Gasteiger partial charge in [0.25, 0.3) is 5.91 Å². The van der Waals surface area contributed by atoms with Crippen molar-refractivity contribution in [3.8, 4) is 6.07 Å². The number of carbonyl (C=O) groups is 1. The van der Waals surface area contributed by atoms with Gasteiger partial charge >= 0.3 is 0 Å². The Labute approximate surface area is 116 Å². The number of hydrogen-bond donors (Lipinski definition) is 2. The van der Waals surface area contributed by atoms with Gasteiger partial charge < -0.3 is 16.4 Å². The quantitative estimate of drug-likeness (QED) is 0.873. The first-order valence-electron chi connectivity index (χ1n) is 5.82. The number of nitrogens with zero attached hydrogens (tertiary/aromatic N) is 3. The summed E-state index contributed by atoms with van der Waals surface area (Å²) in [6.07, 6.45) is 1.46. The average Bonchev–Trinajstić information content (AvgIpc) is 2.46. The number of rotatable bonds is 3. The molecule has 1 aromatic carbocycles. The SMILES string of the molecule is CN(c1ccc(C#N)cc1)c1ncc(N)cc1C(N)=O. The molecule has 0 saturated heterocycles. The van der Waals surface area contributed by atoms with Crippen LogP contribution in [0.15, 0.2) is 36.5 Å². The summed E-state index contributed by atoms with van der Waals surface area (Å²) < 4.78 is 0. The second kappa shape index (κ2) is 5.28. The topological polar surface area (TPSA) is 109 Å². The van der Waals surface area contributed by atoms with E-state index in [1.54, 1.807) is 36.2 Å². The molecule has 1 aromatic heterocycles. The van der Waals surface area contributed by atoms with Gasteiger partial charge in [-0.2, -0.15) is 5.26 Å². The molecule has 0 fully saturated rings. The van der Waals surface area contributed by atoms with Crippen LogP contribution in [0.3, 0.4) is 0 Å². The number of pyridine rings is 1. The molecule has 0 radical (unpaired) electrons. The first-order valence-corrected chi connectivity index (χ1v) is 5.82. The van der Waals surface area contributed by atoms with E-state index in [-0.39, 0.29) is 5.56 Å². The molecule has 0 atom stereocenters. The van der Waals surface area contributed by atoms with Gasteiger partial charge in [0.2, 0.25) is 0 Å². The van der Waals surface area contributed by atoms with Crippen molar-refractivity contribution in [1.29, 1.82) is 5.26 Å². The lowest BCUT2D eigenvalue weighted by molar-refractivity contribution is 0.100. The number of carbonyl (C=O) groups excluding carboxylic acids is 1. The monoisotopic (exact) mass is 267 g/mol. The van der Waals surface area contributed by atoms with Crippen LogP contribution in [0.25, 0.3) is 0 Å². The summed E-state index contributed by atoms with van der Waals surface area (Å²) >= 11 is 0. The Kier molecular flexibility index (Phi) is 3.53. The average molecular weight is 267 g/mol. The van der Waals surface area contributed by atoms with Gasteiger partial charge in [-0.3, -0.25) is 4.79 Å². The van der Waals surface area contributed by atoms with Crippen LogP contribution < -0.4 is 16.4 Å². The lowest BCUT2D eigenvalue weighted by atomic mass is 10.2. The van der Waals surface area contributed by atoms with Gasteiger partial charge in [0.05, 0.1) is 29.1 Å². The number of hydrogen-bond acceptors (Lipinski definition) is 5. The van der Waals surface area contributed by atoms with Crippen molar-refractivity contribution >= 4 is 23.1 Å².